The van der Waals surface area contributed by atoms with Crippen LogP contribution < -0.4 is 0 Å². The maximum atomic E-state index is 5.03. The van der Waals surface area contributed by atoms with Gasteiger partial charge in [-0.3, -0.25) is 0 Å². The lowest BCUT2D eigenvalue weighted by atomic mass is 10.1. The SMILES string of the molecule is CCOC#CCc1cccc(C#CC#Cc2cccc(CC#COCC)c2)c1. The van der Waals surface area contributed by atoms with Crippen LogP contribution in [-0.2, 0) is 22.3 Å². The minimum atomic E-state index is 0.598. The Morgan fingerprint density at radius 2 is 1.14 bits per heavy atom. The lowest BCUT2D eigenvalue weighted by molar-refractivity contribution is 0.298. The minimum Gasteiger partial charge on any atom is -0.447 e. The smallest absolute Gasteiger partial charge is 0.110 e. The normalized spacial score (nSPS) is 8.50. The molecular formula is C26H22O2. The Labute approximate surface area is 168 Å². The number of hydrogen-bond donors (Lipinski definition) is 0. The van der Waals surface area contributed by atoms with Crippen LogP contribution in [-0.4, -0.2) is 13.2 Å². The molecule has 0 unspecified atom stereocenters. The van der Waals surface area contributed by atoms with E-state index in [2.05, 4.69) is 47.7 Å². The summed E-state index contributed by atoms with van der Waals surface area (Å²) in [7, 11) is 0. The van der Waals surface area contributed by atoms with Gasteiger partial charge in [-0.15, -0.1) is 0 Å². The van der Waals surface area contributed by atoms with Crippen LogP contribution in [0.2, 0.25) is 0 Å². The zero-order chi connectivity index (χ0) is 19.9. The fourth-order valence-corrected chi connectivity index (χ4v) is 2.25. The first kappa shape index (κ1) is 20.6. The van der Waals surface area contributed by atoms with E-state index >= 15 is 0 Å². The highest BCUT2D eigenvalue weighted by Gasteiger charge is 1.93. The van der Waals surface area contributed by atoms with E-state index in [0.717, 1.165) is 22.3 Å². The molecule has 0 aliphatic carbocycles. The van der Waals surface area contributed by atoms with Gasteiger partial charge in [-0.1, -0.05) is 47.9 Å². The third kappa shape index (κ3) is 8.11. The first-order chi connectivity index (χ1) is 13.8. The largest absolute Gasteiger partial charge is 0.447 e. The summed E-state index contributed by atoms with van der Waals surface area (Å²) in [6, 6.07) is 16.0. The average molecular weight is 366 g/mol. The van der Waals surface area contributed by atoms with Crippen molar-refractivity contribution < 1.29 is 9.47 Å². The zero-order valence-electron chi connectivity index (χ0n) is 16.3. The second-order valence-corrected chi connectivity index (χ2v) is 5.68. The second kappa shape index (κ2) is 12.6. The highest BCUT2D eigenvalue weighted by molar-refractivity contribution is 5.46. The third-order valence-electron chi connectivity index (χ3n) is 3.49. The number of rotatable bonds is 4. The third-order valence-corrected chi connectivity index (χ3v) is 3.49. The van der Waals surface area contributed by atoms with Crippen LogP contribution in [0.15, 0.2) is 48.5 Å². The van der Waals surface area contributed by atoms with Crippen molar-refractivity contribution in [2.24, 2.45) is 0 Å². The summed E-state index contributed by atoms with van der Waals surface area (Å²) in [5.41, 5.74) is 4.05. The number of benzene rings is 2. The van der Waals surface area contributed by atoms with Crippen LogP contribution in [0.3, 0.4) is 0 Å². The molecule has 0 atom stereocenters. The van der Waals surface area contributed by atoms with Gasteiger partial charge in [0.15, 0.2) is 0 Å². The summed E-state index contributed by atoms with van der Waals surface area (Å²) < 4.78 is 10.1. The van der Waals surface area contributed by atoms with E-state index in [-0.39, 0.29) is 0 Å². The van der Waals surface area contributed by atoms with Crippen LogP contribution in [0.25, 0.3) is 0 Å². The molecule has 0 radical (unpaired) electrons. The van der Waals surface area contributed by atoms with Crippen molar-refractivity contribution >= 4 is 0 Å². The molecule has 0 spiro atoms. The highest BCUT2D eigenvalue weighted by Crippen LogP contribution is 2.05. The monoisotopic (exact) mass is 366 g/mol. The first-order valence-corrected chi connectivity index (χ1v) is 9.21. The zero-order valence-corrected chi connectivity index (χ0v) is 16.3. The van der Waals surface area contributed by atoms with Crippen molar-refractivity contribution in [3.05, 3.63) is 70.8 Å². The van der Waals surface area contributed by atoms with Gasteiger partial charge in [-0.2, -0.15) is 0 Å². The molecule has 2 aromatic carbocycles. The van der Waals surface area contributed by atoms with Gasteiger partial charge >= 0.3 is 0 Å². The Morgan fingerprint density at radius 3 is 1.57 bits per heavy atom. The van der Waals surface area contributed by atoms with Crippen molar-refractivity contribution in [1.29, 1.82) is 0 Å². The van der Waals surface area contributed by atoms with Crippen LogP contribution in [0.5, 0.6) is 0 Å². The van der Waals surface area contributed by atoms with Crippen molar-refractivity contribution in [3.63, 3.8) is 0 Å². The molecule has 2 heteroatoms. The second-order valence-electron chi connectivity index (χ2n) is 5.68. The van der Waals surface area contributed by atoms with Gasteiger partial charge in [0.2, 0.25) is 0 Å². The molecule has 0 N–H and O–H groups in total. The van der Waals surface area contributed by atoms with Crippen molar-refractivity contribution in [1.82, 2.24) is 0 Å². The highest BCUT2D eigenvalue weighted by atomic mass is 16.5. The molecule has 2 nitrogen and oxygen atoms in total. The molecule has 0 saturated heterocycles. The van der Waals surface area contributed by atoms with Gasteiger partial charge in [-0.25, -0.2) is 0 Å². The van der Waals surface area contributed by atoms with Gasteiger partial charge in [0.25, 0.3) is 0 Å². The quantitative estimate of drug-likeness (QED) is 0.756. The Morgan fingerprint density at radius 1 is 0.679 bits per heavy atom. The molecule has 2 rings (SSSR count). The van der Waals surface area contributed by atoms with Gasteiger partial charge in [0.05, 0.1) is 13.2 Å². The van der Waals surface area contributed by atoms with E-state index in [9.17, 15) is 0 Å². The van der Waals surface area contributed by atoms with Crippen LogP contribution >= 0.6 is 0 Å². The predicted molar refractivity (Wildman–Crippen MR) is 113 cm³/mol. The molecule has 0 aliphatic heterocycles. The summed E-state index contributed by atoms with van der Waals surface area (Å²) in [6.45, 7) is 5.03. The average Bonchev–Trinajstić information content (AvgIpc) is 2.73. The Balaban J connectivity index is 1.99. The molecular weight excluding hydrogens is 344 g/mol. The lowest BCUT2D eigenvalue weighted by Crippen LogP contribution is -1.85. The lowest BCUT2D eigenvalue weighted by Gasteiger charge is -1.96. The number of ether oxygens (including phenoxy) is 2. The molecule has 0 aromatic heterocycles. The molecule has 2 aromatic rings. The van der Waals surface area contributed by atoms with Crippen LogP contribution in [0.1, 0.15) is 36.1 Å². The van der Waals surface area contributed by atoms with Crippen molar-refractivity contribution in [2.75, 3.05) is 13.2 Å². The van der Waals surface area contributed by atoms with E-state index in [0.29, 0.717) is 26.1 Å². The summed E-state index contributed by atoms with van der Waals surface area (Å²) in [5, 5.41) is 0. The maximum absolute atomic E-state index is 5.03. The van der Waals surface area contributed by atoms with Gasteiger partial charge < -0.3 is 9.47 Å². The standard InChI is InChI=1S/C26H22O2/c1-3-27-19-9-17-25-15-7-13-23(21-25)11-5-6-12-24-14-8-16-26(22-24)18-10-20-28-4-2/h7-8,13-16,21-22H,3-4,17-18H2,1-2H3. The van der Waals surface area contributed by atoms with Gasteiger partial charge in [0.1, 0.15) is 12.2 Å². The topological polar surface area (TPSA) is 18.5 Å². The molecule has 0 fully saturated rings. The fourth-order valence-electron chi connectivity index (χ4n) is 2.25. The van der Waals surface area contributed by atoms with Crippen LogP contribution in [0, 0.1) is 47.7 Å². The van der Waals surface area contributed by atoms with Gasteiger partial charge in [-0.05, 0) is 61.1 Å². The molecule has 0 heterocycles. The Bertz CT molecular complexity index is 933. The van der Waals surface area contributed by atoms with Gasteiger partial charge in [0, 0.05) is 24.0 Å². The summed E-state index contributed by atoms with van der Waals surface area (Å²) in [5.74, 6) is 17.9. The molecule has 0 aliphatic rings. The Kier molecular flexibility index (Phi) is 9.27. The summed E-state index contributed by atoms with van der Waals surface area (Å²) in [6.07, 6.45) is 6.62. The van der Waals surface area contributed by atoms with Crippen molar-refractivity contribution in [2.45, 2.75) is 26.7 Å². The predicted octanol–water partition coefficient (Wildman–Crippen LogP) is 4.17. The maximum Gasteiger partial charge on any atom is 0.110 e. The molecule has 138 valence electrons. The summed E-state index contributed by atoms with van der Waals surface area (Å²) >= 11 is 0. The van der Waals surface area contributed by atoms with E-state index < -0.39 is 0 Å². The minimum absolute atomic E-state index is 0.598. The Hall–Kier alpha value is -3.72. The fraction of sp³-hybridized carbons (Fsp3) is 0.231. The van der Waals surface area contributed by atoms with Crippen LogP contribution in [0.4, 0.5) is 0 Å². The van der Waals surface area contributed by atoms with E-state index in [1.165, 1.54) is 0 Å². The molecule has 28 heavy (non-hydrogen) atoms. The number of hydrogen-bond acceptors (Lipinski definition) is 2. The first-order valence-electron chi connectivity index (χ1n) is 9.21. The summed E-state index contributed by atoms with van der Waals surface area (Å²) in [4.78, 5) is 0. The van der Waals surface area contributed by atoms with E-state index in [4.69, 9.17) is 9.47 Å². The molecule has 0 bridgehead atoms. The molecule has 0 amide bonds. The molecule has 0 saturated carbocycles. The van der Waals surface area contributed by atoms with E-state index in [1.54, 1.807) is 0 Å². The van der Waals surface area contributed by atoms with E-state index in [1.807, 2.05) is 62.4 Å². The van der Waals surface area contributed by atoms with Crippen molar-refractivity contribution in [3.8, 4) is 47.7 Å².